The average Bonchev–Trinajstić information content (AvgIpc) is 2.80. The van der Waals surface area contributed by atoms with E-state index in [1.54, 1.807) is 0 Å². The van der Waals surface area contributed by atoms with Gasteiger partial charge in [-0.25, -0.2) is 9.59 Å². The number of rotatable bonds is 7. The number of amides is 2. The second-order valence-corrected chi connectivity index (χ2v) is 9.47. The molecular weight excluding hydrogens is 460 g/mol. The van der Waals surface area contributed by atoms with E-state index in [1.165, 1.54) is 0 Å². The fraction of sp³-hybridized carbons (Fsp3) is 0.370. The highest BCUT2D eigenvalue weighted by molar-refractivity contribution is 7.80. The standard InChI is InChI=1S/C27H34N4O3S/c1-7-31-19(6)22(25(32)34-15-16(2)3)24(30-27(31)35)20-11-13-21(14-12-20)28-26(33)29-23-17(4)9-8-10-18(23)5/h8-14,16,24H,7,15H2,1-6H3,(H,30,35)(H2,28,29,33). The van der Waals surface area contributed by atoms with Gasteiger partial charge in [0.25, 0.3) is 0 Å². The molecule has 0 fully saturated rings. The van der Waals surface area contributed by atoms with Crippen LogP contribution in [-0.2, 0) is 9.53 Å². The minimum atomic E-state index is -0.442. The van der Waals surface area contributed by atoms with Crippen LogP contribution in [0.4, 0.5) is 16.2 Å². The summed E-state index contributed by atoms with van der Waals surface area (Å²) in [5, 5.41) is 9.63. The zero-order valence-electron chi connectivity index (χ0n) is 21.2. The topological polar surface area (TPSA) is 82.7 Å². The van der Waals surface area contributed by atoms with E-state index in [2.05, 4.69) is 16.0 Å². The number of anilines is 2. The van der Waals surface area contributed by atoms with Crippen LogP contribution in [0.2, 0.25) is 0 Å². The van der Waals surface area contributed by atoms with Gasteiger partial charge in [0.1, 0.15) is 0 Å². The number of allylic oxidation sites excluding steroid dienone is 1. The predicted octanol–water partition coefficient (Wildman–Crippen LogP) is 5.67. The molecule has 0 saturated carbocycles. The summed E-state index contributed by atoms with van der Waals surface area (Å²) in [7, 11) is 0. The van der Waals surface area contributed by atoms with E-state index in [9.17, 15) is 9.59 Å². The summed E-state index contributed by atoms with van der Waals surface area (Å²) in [5.41, 5.74) is 5.59. The molecule has 0 aromatic heterocycles. The quantitative estimate of drug-likeness (QED) is 0.340. The molecule has 35 heavy (non-hydrogen) atoms. The molecule has 1 aliphatic rings. The van der Waals surface area contributed by atoms with Gasteiger partial charge in [-0.15, -0.1) is 0 Å². The lowest BCUT2D eigenvalue weighted by Crippen LogP contribution is -2.47. The Morgan fingerprint density at radius 3 is 2.26 bits per heavy atom. The van der Waals surface area contributed by atoms with Crippen molar-refractivity contribution in [1.29, 1.82) is 0 Å². The van der Waals surface area contributed by atoms with E-state index in [1.807, 2.05) is 88.9 Å². The highest BCUT2D eigenvalue weighted by Gasteiger charge is 2.34. The monoisotopic (exact) mass is 494 g/mol. The van der Waals surface area contributed by atoms with Crippen LogP contribution in [0.3, 0.4) is 0 Å². The third kappa shape index (κ3) is 6.19. The molecule has 2 amide bonds. The van der Waals surface area contributed by atoms with Crippen LogP contribution in [-0.4, -0.2) is 35.2 Å². The third-order valence-corrected chi connectivity index (χ3v) is 6.24. The van der Waals surface area contributed by atoms with Crippen LogP contribution in [0.1, 0.15) is 50.4 Å². The lowest BCUT2D eigenvalue weighted by molar-refractivity contribution is -0.140. The van der Waals surface area contributed by atoms with Crippen LogP contribution >= 0.6 is 12.2 Å². The number of esters is 1. The van der Waals surface area contributed by atoms with Crippen molar-refractivity contribution < 1.29 is 14.3 Å². The van der Waals surface area contributed by atoms with Gasteiger partial charge in [-0.05, 0) is 74.7 Å². The van der Waals surface area contributed by atoms with Gasteiger partial charge in [0.2, 0.25) is 0 Å². The summed E-state index contributed by atoms with van der Waals surface area (Å²) >= 11 is 5.56. The first kappa shape index (κ1) is 26.2. The molecule has 2 aromatic rings. The number of hydrogen-bond donors (Lipinski definition) is 3. The SMILES string of the molecule is CCN1C(=S)NC(c2ccc(NC(=O)Nc3c(C)cccc3C)cc2)C(C(=O)OCC(C)C)=C1C. The predicted molar refractivity (Wildman–Crippen MR) is 144 cm³/mol. The number of carbonyl (C=O) groups is 2. The molecule has 0 radical (unpaired) electrons. The Kier molecular flexibility index (Phi) is 8.51. The summed E-state index contributed by atoms with van der Waals surface area (Å²) in [6, 6.07) is 12.5. The Balaban J connectivity index is 1.80. The summed E-state index contributed by atoms with van der Waals surface area (Å²) < 4.78 is 5.57. The highest BCUT2D eigenvalue weighted by Crippen LogP contribution is 2.32. The number of thiocarbonyl (C=S) groups is 1. The van der Waals surface area contributed by atoms with Crippen molar-refractivity contribution >= 4 is 40.7 Å². The molecule has 3 N–H and O–H groups in total. The van der Waals surface area contributed by atoms with E-state index in [0.717, 1.165) is 28.1 Å². The third-order valence-electron chi connectivity index (χ3n) is 5.90. The largest absolute Gasteiger partial charge is 0.462 e. The van der Waals surface area contributed by atoms with Crippen molar-refractivity contribution in [3.8, 4) is 0 Å². The first-order valence-electron chi connectivity index (χ1n) is 11.8. The lowest BCUT2D eigenvalue weighted by Gasteiger charge is -2.37. The van der Waals surface area contributed by atoms with Gasteiger partial charge in [-0.3, -0.25) is 0 Å². The summed E-state index contributed by atoms with van der Waals surface area (Å²) in [4.78, 5) is 27.5. The molecule has 186 valence electrons. The number of para-hydroxylation sites is 1. The van der Waals surface area contributed by atoms with Gasteiger partial charge in [-0.2, -0.15) is 0 Å². The number of benzene rings is 2. The molecule has 1 unspecified atom stereocenters. The maximum Gasteiger partial charge on any atom is 0.338 e. The van der Waals surface area contributed by atoms with Crippen LogP contribution in [0.15, 0.2) is 53.7 Å². The normalized spacial score (nSPS) is 15.7. The molecule has 0 spiro atoms. The average molecular weight is 495 g/mol. The van der Waals surface area contributed by atoms with Crippen molar-refractivity contribution in [2.45, 2.75) is 47.6 Å². The number of aryl methyl sites for hydroxylation is 2. The fourth-order valence-electron chi connectivity index (χ4n) is 4.04. The smallest absolute Gasteiger partial charge is 0.338 e. The van der Waals surface area contributed by atoms with E-state index >= 15 is 0 Å². The van der Waals surface area contributed by atoms with Gasteiger partial charge in [0, 0.05) is 23.6 Å². The van der Waals surface area contributed by atoms with Crippen LogP contribution in [0, 0.1) is 19.8 Å². The van der Waals surface area contributed by atoms with E-state index < -0.39 is 6.04 Å². The molecule has 0 bridgehead atoms. The van der Waals surface area contributed by atoms with E-state index in [-0.39, 0.29) is 17.9 Å². The number of nitrogens with one attached hydrogen (secondary N) is 3. The highest BCUT2D eigenvalue weighted by atomic mass is 32.1. The molecule has 1 atom stereocenters. The maximum atomic E-state index is 13.1. The number of carbonyl (C=O) groups excluding carboxylic acids is 2. The van der Waals surface area contributed by atoms with Crippen molar-refractivity contribution in [2.75, 3.05) is 23.8 Å². The Bertz CT molecular complexity index is 1120. The number of ether oxygens (including phenoxy) is 1. The Hall–Kier alpha value is -3.39. The second kappa shape index (κ2) is 11.4. The summed E-state index contributed by atoms with van der Waals surface area (Å²) in [5.74, 6) is -0.122. The summed E-state index contributed by atoms with van der Waals surface area (Å²) in [6.45, 7) is 12.8. The van der Waals surface area contributed by atoms with Gasteiger partial charge in [0.05, 0.1) is 18.2 Å². The fourth-order valence-corrected chi connectivity index (χ4v) is 4.43. The van der Waals surface area contributed by atoms with Crippen LogP contribution in [0.25, 0.3) is 0 Å². The van der Waals surface area contributed by atoms with Gasteiger partial charge in [-0.1, -0.05) is 44.2 Å². The van der Waals surface area contributed by atoms with Crippen molar-refractivity contribution in [3.05, 3.63) is 70.4 Å². The van der Waals surface area contributed by atoms with Crippen LogP contribution < -0.4 is 16.0 Å². The number of nitrogens with zero attached hydrogens (tertiary/aromatic N) is 1. The number of urea groups is 1. The maximum absolute atomic E-state index is 13.1. The molecule has 0 saturated heterocycles. The minimum Gasteiger partial charge on any atom is -0.462 e. The van der Waals surface area contributed by atoms with Gasteiger partial charge in [0.15, 0.2) is 5.11 Å². The molecule has 0 aliphatic carbocycles. The first-order chi connectivity index (χ1) is 16.6. The van der Waals surface area contributed by atoms with Crippen molar-refractivity contribution in [1.82, 2.24) is 10.2 Å². The zero-order chi connectivity index (χ0) is 25.7. The first-order valence-corrected chi connectivity index (χ1v) is 12.2. The number of hydrogen-bond acceptors (Lipinski definition) is 4. The zero-order valence-corrected chi connectivity index (χ0v) is 22.0. The molecule has 1 heterocycles. The lowest BCUT2D eigenvalue weighted by atomic mass is 9.95. The Morgan fingerprint density at radius 1 is 1.06 bits per heavy atom. The molecule has 8 heteroatoms. The Labute approximate surface area is 212 Å². The van der Waals surface area contributed by atoms with Crippen molar-refractivity contribution in [2.24, 2.45) is 5.92 Å². The molecule has 1 aliphatic heterocycles. The van der Waals surface area contributed by atoms with Crippen LogP contribution in [0.5, 0.6) is 0 Å². The molecular formula is C27H34N4O3S. The van der Waals surface area contributed by atoms with Gasteiger partial charge >= 0.3 is 12.0 Å². The molecule has 7 nitrogen and oxygen atoms in total. The molecule has 3 rings (SSSR count). The van der Waals surface area contributed by atoms with Gasteiger partial charge < -0.3 is 25.6 Å². The Morgan fingerprint density at radius 2 is 1.69 bits per heavy atom. The minimum absolute atomic E-state index is 0.234. The van der Waals surface area contributed by atoms with E-state index in [4.69, 9.17) is 17.0 Å². The van der Waals surface area contributed by atoms with E-state index in [0.29, 0.717) is 29.5 Å². The summed E-state index contributed by atoms with van der Waals surface area (Å²) in [6.07, 6.45) is 0. The second-order valence-electron chi connectivity index (χ2n) is 9.09. The molecule has 2 aromatic carbocycles. The van der Waals surface area contributed by atoms with Crippen molar-refractivity contribution in [3.63, 3.8) is 0 Å².